The molecule has 0 saturated heterocycles. The van der Waals surface area contributed by atoms with Crippen LogP contribution in [0.15, 0.2) is 52.3 Å². The van der Waals surface area contributed by atoms with Crippen molar-refractivity contribution in [3.8, 4) is 0 Å². The van der Waals surface area contributed by atoms with E-state index < -0.39 is 26.7 Å². The number of halogens is 1. The van der Waals surface area contributed by atoms with Crippen LogP contribution in [0.3, 0.4) is 0 Å². The topological polar surface area (TPSA) is 83.5 Å². The first-order valence-corrected chi connectivity index (χ1v) is 8.74. The molecule has 0 heterocycles. The standard InChI is InChI=1S/C14H12FNO4S2/c1-21-12-5-3-2-4-11(12)16-22(19,20)13-8-9(14(17)18)6-7-10(13)15/h2-8,16H,1H3,(H,17,18). The van der Waals surface area contributed by atoms with Crippen LogP contribution >= 0.6 is 11.8 Å². The molecule has 0 aromatic heterocycles. The quantitative estimate of drug-likeness (QED) is 0.817. The Labute approximate surface area is 131 Å². The first kappa shape index (κ1) is 16.3. The number of nitrogens with one attached hydrogen (secondary N) is 1. The largest absolute Gasteiger partial charge is 0.478 e. The van der Waals surface area contributed by atoms with Gasteiger partial charge in [-0.3, -0.25) is 4.72 Å². The summed E-state index contributed by atoms with van der Waals surface area (Å²) in [6.07, 6.45) is 1.78. The predicted octanol–water partition coefficient (Wildman–Crippen LogP) is 3.05. The Morgan fingerprint density at radius 3 is 2.55 bits per heavy atom. The predicted molar refractivity (Wildman–Crippen MR) is 82.4 cm³/mol. The number of carboxylic acid groups (broad SMARTS) is 1. The van der Waals surface area contributed by atoms with Crippen LogP contribution in [-0.2, 0) is 10.0 Å². The molecule has 0 saturated carbocycles. The number of thioether (sulfide) groups is 1. The number of rotatable bonds is 5. The second-order valence-electron chi connectivity index (χ2n) is 4.26. The highest BCUT2D eigenvalue weighted by Crippen LogP contribution is 2.28. The Bertz CT molecular complexity index is 821. The third-order valence-electron chi connectivity index (χ3n) is 2.82. The van der Waals surface area contributed by atoms with E-state index in [0.717, 1.165) is 18.2 Å². The summed E-state index contributed by atoms with van der Waals surface area (Å²) >= 11 is 1.33. The second-order valence-corrected chi connectivity index (χ2v) is 6.76. The van der Waals surface area contributed by atoms with E-state index in [9.17, 15) is 17.6 Å². The molecular weight excluding hydrogens is 329 g/mol. The number of aromatic carboxylic acids is 1. The molecule has 5 nitrogen and oxygen atoms in total. The van der Waals surface area contributed by atoms with Crippen LogP contribution in [0.5, 0.6) is 0 Å². The van der Waals surface area contributed by atoms with Gasteiger partial charge in [0, 0.05) is 4.90 Å². The van der Waals surface area contributed by atoms with Crippen LogP contribution in [0, 0.1) is 5.82 Å². The van der Waals surface area contributed by atoms with E-state index in [1.807, 2.05) is 0 Å². The van der Waals surface area contributed by atoms with Gasteiger partial charge in [0.2, 0.25) is 0 Å². The number of para-hydroxylation sites is 1. The molecule has 0 aliphatic carbocycles. The summed E-state index contributed by atoms with van der Waals surface area (Å²) in [6.45, 7) is 0. The number of sulfonamides is 1. The average molecular weight is 341 g/mol. The van der Waals surface area contributed by atoms with Crippen LogP contribution in [0.4, 0.5) is 10.1 Å². The van der Waals surface area contributed by atoms with E-state index >= 15 is 0 Å². The zero-order valence-corrected chi connectivity index (χ0v) is 13.0. The number of anilines is 1. The molecule has 0 unspecified atom stereocenters. The van der Waals surface area contributed by atoms with Gasteiger partial charge in [0.25, 0.3) is 10.0 Å². The lowest BCUT2D eigenvalue weighted by Crippen LogP contribution is -2.16. The molecule has 2 aromatic carbocycles. The molecule has 0 aliphatic rings. The lowest BCUT2D eigenvalue weighted by atomic mass is 10.2. The van der Waals surface area contributed by atoms with Gasteiger partial charge in [0.15, 0.2) is 0 Å². The summed E-state index contributed by atoms with van der Waals surface area (Å²) in [4.78, 5) is 10.9. The third kappa shape index (κ3) is 3.40. The van der Waals surface area contributed by atoms with Gasteiger partial charge in [-0.25, -0.2) is 17.6 Å². The highest BCUT2D eigenvalue weighted by molar-refractivity contribution is 7.99. The van der Waals surface area contributed by atoms with Gasteiger partial charge in [-0.2, -0.15) is 0 Å². The van der Waals surface area contributed by atoms with E-state index in [2.05, 4.69) is 4.72 Å². The van der Waals surface area contributed by atoms with Crippen molar-refractivity contribution < 1.29 is 22.7 Å². The molecule has 0 bridgehead atoms. The minimum absolute atomic E-state index is 0.301. The Hall–Kier alpha value is -2.06. The molecule has 22 heavy (non-hydrogen) atoms. The molecular formula is C14H12FNO4S2. The third-order valence-corrected chi connectivity index (χ3v) is 5.00. The van der Waals surface area contributed by atoms with Crippen molar-refractivity contribution in [2.24, 2.45) is 0 Å². The maximum Gasteiger partial charge on any atom is 0.335 e. The van der Waals surface area contributed by atoms with Crippen molar-refractivity contribution in [3.63, 3.8) is 0 Å². The summed E-state index contributed by atoms with van der Waals surface area (Å²) in [5, 5.41) is 8.90. The molecule has 2 aromatic rings. The maximum atomic E-state index is 13.8. The Morgan fingerprint density at radius 1 is 1.23 bits per heavy atom. The first-order chi connectivity index (χ1) is 10.3. The molecule has 0 atom stereocenters. The van der Waals surface area contributed by atoms with Gasteiger partial charge in [0.05, 0.1) is 11.3 Å². The number of benzene rings is 2. The molecule has 8 heteroatoms. The van der Waals surface area contributed by atoms with Gasteiger partial charge in [-0.15, -0.1) is 11.8 Å². The number of hydrogen-bond acceptors (Lipinski definition) is 4. The summed E-state index contributed by atoms with van der Waals surface area (Å²) in [6, 6.07) is 9.26. The molecule has 0 spiro atoms. The second kappa shape index (κ2) is 6.37. The van der Waals surface area contributed by atoms with Gasteiger partial charge in [-0.05, 0) is 36.6 Å². The molecule has 2 N–H and O–H groups in total. The van der Waals surface area contributed by atoms with Crippen LogP contribution < -0.4 is 4.72 Å². The van der Waals surface area contributed by atoms with Crippen molar-refractivity contribution in [2.45, 2.75) is 9.79 Å². The molecule has 116 valence electrons. The summed E-state index contributed by atoms with van der Waals surface area (Å²) in [5.74, 6) is -2.35. The van der Waals surface area contributed by atoms with E-state index in [1.165, 1.54) is 11.8 Å². The first-order valence-electron chi connectivity index (χ1n) is 6.04. The lowest BCUT2D eigenvalue weighted by molar-refractivity contribution is 0.0696. The minimum Gasteiger partial charge on any atom is -0.478 e. The van der Waals surface area contributed by atoms with Crippen LogP contribution in [0.25, 0.3) is 0 Å². The number of carboxylic acids is 1. The van der Waals surface area contributed by atoms with Crippen molar-refractivity contribution in [3.05, 3.63) is 53.8 Å². The summed E-state index contributed by atoms with van der Waals surface area (Å²) in [7, 11) is -4.23. The van der Waals surface area contributed by atoms with Crippen LogP contribution in [-0.4, -0.2) is 25.7 Å². The van der Waals surface area contributed by atoms with E-state index in [0.29, 0.717) is 10.6 Å². The molecule has 0 fully saturated rings. The van der Waals surface area contributed by atoms with Gasteiger partial charge in [0.1, 0.15) is 10.7 Å². The molecule has 0 amide bonds. The lowest BCUT2D eigenvalue weighted by Gasteiger charge is -2.12. The van der Waals surface area contributed by atoms with Crippen LogP contribution in [0.2, 0.25) is 0 Å². The molecule has 2 rings (SSSR count). The Morgan fingerprint density at radius 2 is 1.91 bits per heavy atom. The highest BCUT2D eigenvalue weighted by Gasteiger charge is 2.22. The SMILES string of the molecule is CSc1ccccc1NS(=O)(=O)c1cc(C(=O)O)ccc1F. The normalized spacial score (nSPS) is 11.2. The fraction of sp³-hybridized carbons (Fsp3) is 0.0714. The Balaban J connectivity index is 2.47. The Kier molecular flexibility index (Phi) is 4.72. The van der Waals surface area contributed by atoms with E-state index in [-0.39, 0.29) is 5.56 Å². The zero-order valence-electron chi connectivity index (χ0n) is 11.4. The molecule has 0 radical (unpaired) electrons. The minimum atomic E-state index is -4.23. The fourth-order valence-electron chi connectivity index (χ4n) is 1.77. The van der Waals surface area contributed by atoms with Crippen molar-refractivity contribution in [2.75, 3.05) is 11.0 Å². The zero-order chi connectivity index (χ0) is 16.3. The van der Waals surface area contributed by atoms with Gasteiger partial charge in [-0.1, -0.05) is 12.1 Å². The highest BCUT2D eigenvalue weighted by atomic mass is 32.2. The van der Waals surface area contributed by atoms with Crippen molar-refractivity contribution >= 4 is 33.4 Å². The van der Waals surface area contributed by atoms with Crippen LogP contribution in [0.1, 0.15) is 10.4 Å². The average Bonchev–Trinajstić information content (AvgIpc) is 2.47. The van der Waals surface area contributed by atoms with Crippen molar-refractivity contribution in [1.29, 1.82) is 0 Å². The van der Waals surface area contributed by atoms with Gasteiger partial charge < -0.3 is 5.11 Å². The summed E-state index contributed by atoms with van der Waals surface area (Å²) in [5.41, 5.74) is -0.00458. The molecule has 0 aliphatic heterocycles. The van der Waals surface area contributed by atoms with Crippen molar-refractivity contribution in [1.82, 2.24) is 0 Å². The summed E-state index contributed by atoms with van der Waals surface area (Å²) < 4.78 is 40.7. The van der Waals surface area contributed by atoms with Gasteiger partial charge >= 0.3 is 5.97 Å². The maximum absolute atomic E-state index is 13.8. The van der Waals surface area contributed by atoms with E-state index in [1.54, 1.807) is 30.5 Å². The number of hydrogen-bond donors (Lipinski definition) is 2. The number of carbonyl (C=O) groups is 1. The smallest absolute Gasteiger partial charge is 0.335 e. The fourth-order valence-corrected chi connectivity index (χ4v) is 3.57. The monoisotopic (exact) mass is 341 g/mol. The van der Waals surface area contributed by atoms with E-state index in [4.69, 9.17) is 5.11 Å².